The van der Waals surface area contributed by atoms with E-state index in [1.54, 1.807) is 24.0 Å². The number of hydrogen-bond acceptors (Lipinski definition) is 2. The molecule has 1 heterocycles. The molecule has 1 N–H and O–H groups in total. The third kappa shape index (κ3) is 1.39. The van der Waals surface area contributed by atoms with Crippen molar-refractivity contribution in [1.29, 1.82) is 0 Å². The molecule has 1 aliphatic rings. The number of hydrogen-bond donors (Lipinski definition) is 1. The van der Waals surface area contributed by atoms with Gasteiger partial charge >= 0.3 is 0 Å². The number of benzene rings is 1. The van der Waals surface area contributed by atoms with Crippen molar-refractivity contribution in [3.8, 4) is 5.75 Å². The summed E-state index contributed by atoms with van der Waals surface area (Å²) in [6.07, 6.45) is 0.815. The molecule has 0 unspecified atom stereocenters. The number of nitrogens with zero attached hydrogens (tertiary/aromatic N) is 1. The molecule has 3 nitrogen and oxygen atoms in total. The molecule has 0 aromatic heterocycles. The molecular formula is C10H10BrNO2. The highest BCUT2D eigenvalue weighted by molar-refractivity contribution is 9.10. The van der Waals surface area contributed by atoms with Gasteiger partial charge in [0, 0.05) is 19.2 Å². The number of carbonyl (C=O) groups excluding carboxylic acids is 1. The molecule has 4 heteroatoms. The van der Waals surface area contributed by atoms with Crippen LogP contribution in [0.25, 0.3) is 0 Å². The van der Waals surface area contributed by atoms with Gasteiger partial charge in [-0.25, -0.2) is 0 Å². The second kappa shape index (κ2) is 3.28. The van der Waals surface area contributed by atoms with E-state index in [-0.39, 0.29) is 11.7 Å². The van der Waals surface area contributed by atoms with E-state index in [4.69, 9.17) is 0 Å². The minimum absolute atomic E-state index is 0.0429. The van der Waals surface area contributed by atoms with Gasteiger partial charge in [0.15, 0.2) is 0 Å². The summed E-state index contributed by atoms with van der Waals surface area (Å²) in [5, 5.41) is 9.46. The number of amides is 1. The largest absolute Gasteiger partial charge is 0.507 e. The van der Waals surface area contributed by atoms with Crippen LogP contribution in [-0.4, -0.2) is 17.6 Å². The summed E-state index contributed by atoms with van der Waals surface area (Å²) >= 11 is 3.24. The second-order valence-corrected chi connectivity index (χ2v) is 4.21. The van der Waals surface area contributed by atoms with Crippen molar-refractivity contribution in [2.75, 3.05) is 11.4 Å². The minimum Gasteiger partial charge on any atom is -0.507 e. The van der Waals surface area contributed by atoms with E-state index in [9.17, 15) is 9.90 Å². The van der Waals surface area contributed by atoms with Crippen molar-refractivity contribution in [3.63, 3.8) is 0 Å². The van der Waals surface area contributed by atoms with Crippen molar-refractivity contribution >= 4 is 27.5 Å². The maximum Gasteiger partial charge on any atom is 0.223 e. The first-order valence-corrected chi connectivity index (χ1v) is 5.18. The third-order valence-corrected chi connectivity index (χ3v) is 3.06. The van der Waals surface area contributed by atoms with E-state index in [1.165, 1.54) is 0 Å². The average Bonchev–Trinajstić information content (AvgIpc) is 2.48. The molecule has 0 bridgehead atoms. The Bertz CT molecular complexity index is 403. The first-order chi connectivity index (χ1) is 6.59. The van der Waals surface area contributed by atoms with Gasteiger partial charge in [0.05, 0.1) is 4.47 Å². The number of aromatic hydroxyl groups is 1. The van der Waals surface area contributed by atoms with Gasteiger partial charge in [-0.2, -0.15) is 0 Å². The summed E-state index contributed by atoms with van der Waals surface area (Å²) in [5.74, 6) is 0.274. The summed E-state index contributed by atoms with van der Waals surface area (Å²) < 4.78 is 0.629. The Morgan fingerprint density at radius 2 is 2.29 bits per heavy atom. The fourth-order valence-electron chi connectivity index (χ4n) is 1.73. The lowest BCUT2D eigenvalue weighted by molar-refractivity contribution is -0.116. The maximum atomic E-state index is 11.3. The first kappa shape index (κ1) is 9.52. The van der Waals surface area contributed by atoms with Gasteiger partial charge in [0.1, 0.15) is 5.75 Å². The zero-order valence-corrected chi connectivity index (χ0v) is 9.34. The normalized spacial score (nSPS) is 14.3. The molecule has 1 aromatic rings. The topological polar surface area (TPSA) is 40.5 Å². The third-order valence-electron chi connectivity index (χ3n) is 2.42. The zero-order chi connectivity index (χ0) is 10.3. The van der Waals surface area contributed by atoms with Crippen LogP contribution in [0.15, 0.2) is 16.6 Å². The summed E-state index contributed by atoms with van der Waals surface area (Å²) in [7, 11) is 0. The van der Waals surface area contributed by atoms with Crippen LogP contribution in [0.4, 0.5) is 5.69 Å². The fourth-order valence-corrected chi connectivity index (χ4v) is 2.06. The molecule has 0 radical (unpaired) electrons. The highest BCUT2D eigenvalue weighted by Crippen LogP contribution is 2.36. The lowest BCUT2D eigenvalue weighted by Gasteiger charge is -2.14. The predicted octanol–water partition coefficient (Wildman–Crippen LogP) is 2.06. The molecule has 0 atom stereocenters. The van der Waals surface area contributed by atoms with Gasteiger partial charge in [0.2, 0.25) is 5.91 Å². The van der Waals surface area contributed by atoms with E-state index >= 15 is 0 Å². The highest BCUT2D eigenvalue weighted by Gasteiger charge is 2.23. The van der Waals surface area contributed by atoms with Crippen molar-refractivity contribution < 1.29 is 9.90 Å². The van der Waals surface area contributed by atoms with E-state index < -0.39 is 0 Å². The smallest absolute Gasteiger partial charge is 0.223 e. The van der Waals surface area contributed by atoms with Gasteiger partial charge in [-0.15, -0.1) is 0 Å². The molecule has 0 spiro atoms. The number of fused-ring (bicyclic) bond motifs is 1. The Kier molecular flexibility index (Phi) is 2.23. The van der Waals surface area contributed by atoms with E-state index in [2.05, 4.69) is 15.9 Å². The lowest BCUT2D eigenvalue weighted by atomic mass is 10.1. The Morgan fingerprint density at radius 1 is 1.57 bits per heavy atom. The molecule has 14 heavy (non-hydrogen) atoms. The molecule has 0 aliphatic carbocycles. The van der Waals surface area contributed by atoms with Crippen LogP contribution in [0.5, 0.6) is 5.75 Å². The van der Waals surface area contributed by atoms with Crippen molar-refractivity contribution in [1.82, 2.24) is 0 Å². The number of carbonyl (C=O) groups is 1. The van der Waals surface area contributed by atoms with Crippen LogP contribution >= 0.6 is 15.9 Å². The van der Waals surface area contributed by atoms with E-state index in [0.29, 0.717) is 11.0 Å². The van der Waals surface area contributed by atoms with Gasteiger partial charge < -0.3 is 10.0 Å². The lowest BCUT2D eigenvalue weighted by Crippen LogP contribution is -2.25. The Balaban J connectivity index is 2.50. The molecule has 0 saturated carbocycles. The van der Waals surface area contributed by atoms with Crippen LogP contribution in [0.3, 0.4) is 0 Å². The maximum absolute atomic E-state index is 11.3. The van der Waals surface area contributed by atoms with Gasteiger partial charge in [0.25, 0.3) is 0 Å². The van der Waals surface area contributed by atoms with Crippen molar-refractivity contribution in [2.24, 2.45) is 0 Å². The average molecular weight is 256 g/mol. The standard InChI is InChI=1S/C10H10BrNO2/c1-6(13)12-3-2-7-4-10(14)8(11)5-9(7)12/h4-5,14H,2-3H2,1H3. The number of phenols is 1. The number of anilines is 1. The van der Waals surface area contributed by atoms with Crippen LogP contribution in [0, 0.1) is 0 Å². The van der Waals surface area contributed by atoms with Crippen molar-refractivity contribution in [3.05, 3.63) is 22.2 Å². The predicted molar refractivity (Wildman–Crippen MR) is 57.5 cm³/mol. The molecule has 74 valence electrons. The van der Waals surface area contributed by atoms with Crippen LogP contribution < -0.4 is 4.90 Å². The Hall–Kier alpha value is -1.03. The first-order valence-electron chi connectivity index (χ1n) is 4.39. The van der Waals surface area contributed by atoms with Gasteiger partial charge in [-0.3, -0.25) is 4.79 Å². The number of rotatable bonds is 0. The van der Waals surface area contributed by atoms with Crippen LogP contribution in [0.1, 0.15) is 12.5 Å². The minimum atomic E-state index is 0.0429. The van der Waals surface area contributed by atoms with E-state index in [1.807, 2.05) is 0 Å². The molecule has 2 rings (SSSR count). The fraction of sp³-hybridized carbons (Fsp3) is 0.300. The highest BCUT2D eigenvalue weighted by atomic mass is 79.9. The molecule has 1 aromatic carbocycles. The van der Waals surface area contributed by atoms with Gasteiger partial charge in [-0.1, -0.05) is 0 Å². The summed E-state index contributed by atoms with van der Waals surface area (Å²) in [4.78, 5) is 13.0. The van der Waals surface area contributed by atoms with E-state index in [0.717, 1.165) is 17.7 Å². The quantitative estimate of drug-likeness (QED) is 0.771. The molecule has 1 aliphatic heterocycles. The number of phenolic OH excluding ortho intramolecular Hbond substituents is 1. The Labute approximate surface area is 90.5 Å². The van der Waals surface area contributed by atoms with Crippen LogP contribution in [-0.2, 0) is 11.2 Å². The second-order valence-electron chi connectivity index (χ2n) is 3.35. The molecule has 0 fully saturated rings. The van der Waals surface area contributed by atoms with Gasteiger partial charge in [-0.05, 0) is 40.0 Å². The van der Waals surface area contributed by atoms with Crippen molar-refractivity contribution in [2.45, 2.75) is 13.3 Å². The number of halogens is 1. The van der Waals surface area contributed by atoms with Crippen LogP contribution in [0.2, 0.25) is 0 Å². The SMILES string of the molecule is CC(=O)N1CCc2cc(O)c(Br)cc21. The molecular weight excluding hydrogens is 246 g/mol. The summed E-state index contributed by atoms with van der Waals surface area (Å²) in [6, 6.07) is 3.50. The zero-order valence-electron chi connectivity index (χ0n) is 7.75. The summed E-state index contributed by atoms with van der Waals surface area (Å²) in [6.45, 7) is 2.26. The Morgan fingerprint density at radius 3 is 2.93 bits per heavy atom. The molecule has 1 amide bonds. The molecule has 0 saturated heterocycles. The summed E-state index contributed by atoms with van der Waals surface area (Å²) in [5.41, 5.74) is 1.93. The monoisotopic (exact) mass is 255 g/mol.